The molecule has 0 atom stereocenters. The van der Waals surface area contributed by atoms with Crippen molar-refractivity contribution in [2.45, 2.75) is 26.3 Å². The molecule has 1 aromatic rings. The first kappa shape index (κ1) is 10.5. The largest absolute Gasteiger partial charge is 0.381 e. The first-order valence-corrected chi connectivity index (χ1v) is 5.73. The Morgan fingerprint density at radius 1 is 1.53 bits per heavy atom. The van der Waals surface area contributed by atoms with Crippen molar-refractivity contribution in [1.82, 2.24) is 9.55 Å². The summed E-state index contributed by atoms with van der Waals surface area (Å²) in [5, 5.41) is 3.27. The van der Waals surface area contributed by atoms with Crippen LogP contribution in [0.5, 0.6) is 0 Å². The van der Waals surface area contributed by atoms with E-state index in [2.05, 4.69) is 21.8 Å². The molecule has 4 heteroatoms. The lowest BCUT2D eigenvalue weighted by Crippen LogP contribution is -2.21. The van der Waals surface area contributed by atoms with Crippen LogP contribution in [-0.4, -0.2) is 29.3 Å². The molecule has 1 aliphatic rings. The lowest BCUT2D eigenvalue weighted by Gasteiger charge is -2.23. The van der Waals surface area contributed by atoms with E-state index >= 15 is 0 Å². The molecule has 84 valence electrons. The maximum Gasteiger partial charge on any atom is 0.202 e. The highest BCUT2D eigenvalue weighted by atomic mass is 16.5. The van der Waals surface area contributed by atoms with Gasteiger partial charge in [-0.15, -0.1) is 0 Å². The third-order valence-electron chi connectivity index (χ3n) is 2.85. The fraction of sp³-hybridized carbons (Fsp3) is 0.727. The van der Waals surface area contributed by atoms with E-state index in [-0.39, 0.29) is 0 Å². The number of nitrogens with zero attached hydrogens (tertiary/aromatic N) is 2. The van der Waals surface area contributed by atoms with Crippen LogP contribution in [0.3, 0.4) is 0 Å². The van der Waals surface area contributed by atoms with Crippen LogP contribution in [0.25, 0.3) is 0 Å². The highest BCUT2D eigenvalue weighted by molar-refractivity contribution is 5.25. The maximum absolute atomic E-state index is 5.36. The summed E-state index contributed by atoms with van der Waals surface area (Å²) in [7, 11) is 0. The summed E-state index contributed by atoms with van der Waals surface area (Å²) in [6, 6.07) is 0. The van der Waals surface area contributed by atoms with E-state index in [1.807, 2.05) is 12.4 Å². The number of hydrogen-bond donors (Lipinski definition) is 1. The van der Waals surface area contributed by atoms with Crippen molar-refractivity contribution in [3.63, 3.8) is 0 Å². The Balaban J connectivity index is 1.93. The number of ether oxygens (including phenoxy) is 1. The first-order valence-electron chi connectivity index (χ1n) is 5.73. The molecule has 0 bridgehead atoms. The third kappa shape index (κ3) is 2.72. The van der Waals surface area contributed by atoms with Crippen molar-refractivity contribution in [3.8, 4) is 0 Å². The smallest absolute Gasteiger partial charge is 0.202 e. The van der Waals surface area contributed by atoms with Gasteiger partial charge in [0, 0.05) is 38.7 Å². The molecular formula is C11H19N3O. The SMILES string of the molecule is CCNc1nccn1CC1CCOCC1. The van der Waals surface area contributed by atoms with Gasteiger partial charge < -0.3 is 14.6 Å². The summed E-state index contributed by atoms with van der Waals surface area (Å²) in [5.41, 5.74) is 0. The van der Waals surface area contributed by atoms with Gasteiger partial charge in [-0.05, 0) is 25.7 Å². The minimum Gasteiger partial charge on any atom is -0.381 e. The number of nitrogens with one attached hydrogen (secondary N) is 1. The van der Waals surface area contributed by atoms with Gasteiger partial charge in [0.1, 0.15) is 0 Å². The second-order valence-electron chi connectivity index (χ2n) is 3.99. The summed E-state index contributed by atoms with van der Waals surface area (Å²) >= 11 is 0. The van der Waals surface area contributed by atoms with E-state index in [1.165, 1.54) is 12.8 Å². The molecule has 15 heavy (non-hydrogen) atoms. The summed E-state index contributed by atoms with van der Waals surface area (Å²) < 4.78 is 7.56. The monoisotopic (exact) mass is 209 g/mol. The Labute approximate surface area is 90.6 Å². The van der Waals surface area contributed by atoms with Crippen LogP contribution < -0.4 is 5.32 Å². The Bertz CT molecular complexity index is 292. The van der Waals surface area contributed by atoms with Crippen molar-refractivity contribution in [3.05, 3.63) is 12.4 Å². The lowest BCUT2D eigenvalue weighted by molar-refractivity contribution is 0.0614. The molecule has 0 spiro atoms. The Morgan fingerprint density at radius 2 is 2.33 bits per heavy atom. The van der Waals surface area contributed by atoms with Crippen LogP contribution in [-0.2, 0) is 11.3 Å². The number of aromatic nitrogens is 2. The zero-order valence-electron chi connectivity index (χ0n) is 9.28. The van der Waals surface area contributed by atoms with Crippen LogP contribution in [0, 0.1) is 5.92 Å². The zero-order chi connectivity index (χ0) is 10.5. The average Bonchev–Trinajstić information content (AvgIpc) is 2.68. The molecule has 0 amide bonds. The van der Waals surface area contributed by atoms with Gasteiger partial charge in [0.05, 0.1) is 0 Å². The van der Waals surface area contributed by atoms with Gasteiger partial charge in [-0.1, -0.05) is 0 Å². The molecule has 1 saturated heterocycles. The molecule has 1 aliphatic heterocycles. The Morgan fingerprint density at radius 3 is 3.07 bits per heavy atom. The Kier molecular flexibility index (Phi) is 3.61. The maximum atomic E-state index is 5.36. The van der Waals surface area contributed by atoms with Gasteiger partial charge in [0.2, 0.25) is 5.95 Å². The fourth-order valence-corrected chi connectivity index (χ4v) is 1.99. The molecule has 0 aromatic carbocycles. The molecule has 1 aromatic heterocycles. The molecular weight excluding hydrogens is 190 g/mol. The van der Waals surface area contributed by atoms with Crippen LogP contribution in [0.15, 0.2) is 12.4 Å². The van der Waals surface area contributed by atoms with E-state index < -0.39 is 0 Å². The van der Waals surface area contributed by atoms with E-state index in [4.69, 9.17) is 4.74 Å². The van der Waals surface area contributed by atoms with Crippen LogP contribution in [0.4, 0.5) is 5.95 Å². The molecule has 0 aliphatic carbocycles. The van der Waals surface area contributed by atoms with Gasteiger partial charge >= 0.3 is 0 Å². The number of imidazole rings is 1. The molecule has 0 saturated carbocycles. The molecule has 1 N–H and O–H groups in total. The van der Waals surface area contributed by atoms with Crippen molar-refractivity contribution >= 4 is 5.95 Å². The molecule has 0 radical (unpaired) electrons. The summed E-state index contributed by atoms with van der Waals surface area (Å²) in [6.45, 7) is 5.90. The van der Waals surface area contributed by atoms with Crippen molar-refractivity contribution < 1.29 is 4.74 Å². The molecule has 4 nitrogen and oxygen atoms in total. The van der Waals surface area contributed by atoms with Crippen molar-refractivity contribution in [2.24, 2.45) is 5.92 Å². The summed E-state index contributed by atoms with van der Waals surface area (Å²) in [6.07, 6.45) is 6.25. The predicted molar refractivity (Wildman–Crippen MR) is 59.9 cm³/mol. The van der Waals surface area contributed by atoms with E-state index in [0.717, 1.165) is 38.2 Å². The van der Waals surface area contributed by atoms with E-state index in [9.17, 15) is 0 Å². The number of hydrogen-bond acceptors (Lipinski definition) is 3. The normalized spacial score (nSPS) is 17.9. The quantitative estimate of drug-likeness (QED) is 0.821. The average molecular weight is 209 g/mol. The molecule has 1 fully saturated rings. The van der Waals surface area contributed by atoms with Crippen LogP contribution in [0.1, 0.15) is 19.8 Å². The predicted octanol–water partition coefficient (Wildman–Crippen LogP) is 1.74. The molecule has 2 heterocycles. The van der Waals surface area contributed by atoms with Crippen molar-refractivity contribution in [1.29, 1.82) is 0 Å². The van der Waals surface area contributed by atoms with Gasteiger partial charge in [-0.2, -0.15) is 0 Å². The number of rotatable bonds is 4. The number of anilines is 1. The van der Waals surface area contributed by atoms with Crippen LogP contribution >= 0.6 is 0 Å². The van der Waals surface area contributed by atoms with Gasteiger partial charge in [0.25, 0.3) is 0 Å². The lowest BCUT2D eigenvalue weighted by atomic mass is 10.0. The second-order valence-corrected chi connectivity index (χ2v) is 3.99. The standard InChI is InChI=1S/C11H19N3O/c1-2-12-11-13-5-6-14(11)9-10-3-7-15-8-4-10/h5-6,10H,2-4,7-9H2,1H3,(H,12,13). The van der Waals surface area contributed by atoms with Crippen LogP contribution in [0.2, 0.25) is 0 Å². The molecule has 2 rings (SSSR count). The Hall–Kier alpha value is -1.03. The van der Waals surface area contributed by atoms with Gasteiger partial charge in [0.15, 0.2) is 0 Å². The van der Waals surface area contributed by atoms with Crippen molar-refractivity contribution in [2.75, 3.05) is 25.1 Å². The summed E-state index contributed by atoms with van der Waals surface area (Å²) in [4.78, 5) is 4.29. The molecule has 0 unspecified atom stereocenters. The topological polar surface area (TPSA) is 39.1 Å². The highest BCUT2D eigenvalue weighted by Crippen LogP contribution is 2.18. The third-order valence-corrected chi connectivity index (χ3v) is 2.85. The second kappa shape index (κ2) is 5.16. The van der Waals surface area contributed by atoms with Gasteiger partial charge in [-0.3, -0.25) is 0 Å². The van der Waals surface area contributed by atoms with E-state index in [0.29, 0.717) is 0 Å². The van der Waals surface area contributed by atoms with Gasteiger partial charge in [-0.25, -0.2) is 4.98 Å². The summed E-state index contributed by atoms with van der Waals surface area (Å²) in [5.74, 6) is 1.73. The fourth-order valence-electron chi connectivity index (χ4n) is 1.99. The van der Waals surface area contributed by atoms with E-state index in [1.54, 1.807) is 0 Å². The minimum atomic E-state index is 0.741. The minimum absolute atomic E-state index is 0.741. The first-order chi connectivity index (χ1) is 7.40. The highest BCUT2D eigenvalue weighted by Gasteiger charge is 2.15. The zero-order valence-corrected chi connectivity index (χ0v) is 9.28.